The van der Waals surface area contributed by atoms with Gasteiger partial charge in [0.2, 0.25) is 0 Å². The van der Waals surface area contributed by atoms with Crippen LogP contribution < -0.4 is 10.1 Å². The molecule has 2 atom stereocenters. The Morgan fingerprint density at radius 2 is 1.90 bits per heavy atom. The fourth-order valence-corrected chi connectivity index (χ4v) is 2.31. The Bertz CT molecular complexity index is 490. The van der Waals surface area contributed by atoms with Gasteiger partial charge in [-0.25, -0.2) is 0 Å². The van der Waals surface area contributed by atoms with Gasteiger partial charge >= 0.3 is 0 Å². The molecule has 1 aromatic carbocycles. The van der Waals surface area contributed by atoms with Crippen molar-refractivity contribution in [3.8, 4) is 5.75 Å². The highest BCUT2D eigenvalue weighted by Crippen LogP contribution is 2.16. The number of benzene rings is 1. The van der Waals surface area contributed by atoms with E-state index in [0.29, 0.717) is 6.04 Å². The lowest BCUT2D eigenvalue weighted by Gasteiger charge is -2.18. The highest BCUT2D eigenvalue weighted by atomic mass is 16.5. The predicted molar refractivity (Wildman–Crippen MR) is 81.0 cm³/mol. The van der Waals surface area contributed by atoms with E-state index in [-0.39, 0.29) is 6.04 Å². The molecular formula is C17H23NO2. The Hall–Kier alpha value is -1.74. The first-order chi connectivity index (χ1) is 9.69. The lowest BCUT2D eigenvalue weighted by atomic mass is 10.1. The first-order valence-corrected chi connectivity index (χ1v) is 7.11. The van der Waals surface area contributed by atoms with Crippen LogP contribution in [0.3, 0.4) is 0 Å². The van der Waals surface area contributed by atoms with E-state index in [1.165, 1.54) is 5.56 Å². The summed E-state index contributed by atoms with van der Waals surface area (Å²) in [6, 6.07) is 12.9. The SMILES string of the molecule is COc1ccc(CCC(C)N[C@@H](C)c2ccco2)cc1. The third-order valence-electron chi connectivity index (χ3n) is 3.53. The fourth-order valence-electron chi connectivity index (χ4n) is 2.31. The van der Waals surface area contributed by atoms with Crippen molar-refractivity contribution in [1.82, 2.24) is 5.32 Å². The number of methoxy groups -OCH3 is 1. The summed E-state index contributed by atoms with van der Waals surface area (Å²) in [5.74, 6) is 1.90. The molecule has 108 valence electrons. The van der Waals surface area contributed by atoms with Crippen molar-refractivity contribution in [2.75, 3.05) is 7.11 Å². The minimum Gasteiger partial charge on any atom is -0.497 e. The Morgan fingerprint density at radius 3 is 2.50 bits per heavy atom. The van der Waals surface area contributed by atoms with Gasteiger partial charge in [0.15, 0.2) is 0 Å². The zero-order valence-electron chi connectivity index (χ0n) is 12.4. The zero-order valence-corrected chi connectivity index (χ0v) is 12.4. The van der Waals surface area contributed by atoms with Crippen molar-refractivity contribution in [3.05, 3.63) is 54.0 Å². The van der Waals surface area contributed by atoms with Crippen LogP contribution in [-0.4, -0.2) is 13.2 Å². The number of aryl methyl sites for hydroxylation is 1. The van der Waals surface area contributed by atoms with Crippen LogP contribution in [0.15, 0.2) is 47.1 Å². The van der Waals surface area contributed by atoms with Crippen molar-refractivity contribution < 1.29 is 9.15 Å². The molecule has 0 saturated carbocycles. The summed E-state index contributed by atoms with van der Waals surface area (Å²) >= 11 is 0. The van der Waals surface area contributed by atoms with Gasteiger partial charge < -0.3 is 14.5 Å². The molecule has 0 bridgehead atoms. The third-order valence-corrected chi connectivity index (χ3v) is 3.53. The molecule has 20 heavy (non-hydrogen) atoms. The van der Waals surface area contributed by atoms with Gasteiger partial charge in [-0.2, -0.15) is 0 Å². The Morgan fingerprint density at radius 1 is 1.15 bits per heavy atom. The van der Waals surface area contributed by atoms with E-state index in [2.05, 4.69) is 31.3 Å². The van der Waals surface area contributed by atoms with Crippen molar-refractivity contribution >= 4 is 0 Å². The van der Waals surface area contributed by atoms with Gasteiger partial charge in [0, 0.05) is 6.04 Å². The quantitative estimate of drug-likeness (QED) is 0.829. The van der Waals surface area contributed by atoms with Gasteiger partial charge in [0.05, 0.1) is 19.4 Å². The summed E-state index contributed by atoms with van der Waals surface area (Å²) in [7, 11) is 1.69. The summed E-state index contributed by atoms with van der Waals surface area (Å²) in [5, 5.41) is 3.56. The lowest BCUT2D eigenvalue weighted by Crippen LogP contribution is -2.29. The molecule has 0 spiro atoms. The second kappa shape index (κ2) is 7.15. The van der Waals surface area contributed by atoms with Gasteiger partial charge in [-0.05, 0) is 56.5 Å². The van der Waals surface area contributed by atoms with Gasteiger partial charge in [-0.3, -0.25) is 0 Å². The van der Waals surface area contributed by atoms with Crippen LogP contribution in [0.2, 0.25) is 0 Å². The molecule has 3 nitrogen and oxygen atoms in total. The monoisotopic (exact) mass is 273 g/mol. The number of ether oxygens (including phenoxy) is 1. The third kappa shape index (κ3) is 4.14. The Balaban J connectivity index is 1.78. The minimum atomic E-state index is 0.246. The molecular weight excluding hydrogens is 250 g/mol. The number of hydrogen-bond acceptors (Lipinski definition) is 3. The summed E-state index contributed by atoms with van der Waals surface area (Å²) in [6.07, 6.45) is 3.87. The molecule has 1 aromatic heterocycles. The molecule has 0 radical (unpaired) electrons. The average molecular weight is 273 g/mol. The maximum absolute atomic E-state index is 5.41. The van der Waals surface area contributed by atoms with E-state index in [1.807, 2.05) is 24.3 Å². The Labute approximate surface area is 121 Å². The van der Waals surface area contributed by atoms with E-state index in [4.69, 9.17) is 9.15 Å². The molecule has 3 heteroatoms. The molecule has 0 aliphatic carbocycles. The van der Waals surface area contributed by atoms with Crippen molar-refractivity contribution in [3.63, 3.8) is 0 Å². The number of furan rings is 1. The first kappa shape index (κ1) is 14.7. The summed E-state index contributed by atoms with van der Waals surface area (Å²) in [4.78, 5) is 0. The van der Waals surface area contributed by atoms with E-state index in [0.717, 1.165) is 24.4 Å². The maximum Gasteiger partial charge on any atom is 0.120 e. The zero-order chi connectivity index (χ0) is 14.4. The molecule has 0 saturated heterocycles. The van der Waals surface area contributed by atoms with Crippen molar-refractivity contribution in [2.45, 2.75) is 38.8 Å². The molecule has 1 unspecified atom stereocenters. The van der Waals surface area contributed by atoms with E-state index >= 15 is 0 Å². The largest absolute Gasteiger partial charge is 0.497 e. The van der Waals surface area contributed by atoms with Crippen LogP contribution >= 0.6 is 0 Å². The van der Waals surface area contributed by atoms with Crippen LogP contribution in [0.5, 0.6) is 5.75 Å². The van der Waals surface area contributed by atoms with Crippen LogP contribution in [0.4, 0.5) is 0 Å². The summed E-state index contributed by atoms with van der Waals surface area (Å²) in [6.45, 7) is 4.34. The highest BCUT2D eigenvalue weighted by Gasteiger charge is 2.11. The molecule has 0 aliphatic heterocycles. The normalized spacial score (nSPS) is 13.9. The molecule has 2 aromatic rings. The molecule has 2 rings (SSSR count). The van der Waals surface area contributed by atoms with Gasteiger partial charge in [0.25, 0.3) is 0 Å². The van der Waals surface area contributed by atoms with Gasteiger partial charge in [0.1, 0.15) is 11.5 Å². The number of rotatable bonds is 7. The van der Waals surface area contributed by atoms with Crippen LogP contribution in [0.25, 0.3) is 0 Å². The van der Waals surface area contributed by atoms with Gasteiger partial charge in [-0.15, -0.1) is 0 Å². The molecule has 1 heterocycles. The second-order valence-electron chi connectivity index (χ2n) is 5.19. The standard InChI is InChI=1S/C17H23NO2/c1-13(18-14(2)17-5-4-12-20-17)6-7-15-8-10-16(19-3)11-9-15/h4-5,8-14,18H,6-7H2,1-3H3/t13?,14-/m0/s1. The molecule has 0 aliphatic rings. The van der Waals surface area contributed by atoms with Crippen LogP contribution in [-0.2, 0) is 6.42 Å². The minimum absolute atomic E-state index is 0.246. The smallest absolute Gasteiger partial charge is 0.120 e. The first-order valence-electron chi connectivity index (χ1n) is 7.11. The van der Waals surface area contributed by atoms with E-state index < -0.39 is 0 Å². The maximum atomic E-state index is 5.41. The van der Waals surface area contributed by atoms with Crippen LogP contribution in [0, 0.1) is 0 Å². The summed E-state index contributed by atoms with van der Waals surface area (Å²) < 4.78 is 10.6. The van der Waals surface area contributed by atoms with Crippen molar-refractivity contribution in [2.24, 2.45) is 0 Å². The lowest BCUT2D eigenvalue weighted by molar-refractivity contribution is 0.388. The Kier molecular flexibility index (Phi) is 5.24. The average Bonchev–Trinajstić information content (AvgIpc) is 3.00. The number of hydrogen-bond donors (Lipinski definition) is 1. The van der Waals surface area contributed by atoms with Gasteiger partial charge in [-0.1, -0.05) is 12.1 Å². The number of nitrogens with one attached hydrogen (secondary N) is 1. The van der Waals surface area contributed by atoms with Crippen LogP contribution in [0.1, 0.15) is 37.6 Å². The van der Waals surface area contributed by atoms with E-state index in [9.17, 15) is 0 Å². The highest BCUT2D eigenvalue weighted by molar-refractivity contribution is 5.27. The second-order valence-corrected chi connectivity index (χ2v) is 5.19. The molecule has 0 fully saturated rings. The molecule has 0 amide bonds. The van der Waals surface area contributed by atoms with Crippen molar-refractivity contribution in [1.29, 1.82) is 0 Å². The summed E-state index contributed by atoms with van der Waals surface area (Å²) in [5.41, 5.74) is 1.34. The fraction of sp³-hybridized carbons (Fsp3) is 0.412. The molecule has 1 N–H and O–H groups in total. The predicted octanol–water partition coefficient (Wildman–Crippen LogP) is 3.96. The topological polar surface area (TPSA) is 34.4 Å². The van der Waals surface area contributed by atoms with E-state index in [1.54, 1.807) is 13.4 Å².